The van der Waals surface area contributed by atoms with Crippen LogP contribution in [0.25, 0.3) is 0 Å². The average Bonchev–Trinajstić information content (AvgIpc) is 2.56. The summed E-state index contributed by atoms with van der Waals surface area (Å²) in [6.45, 7) is 6.24. The summed E-state index contributed by atoms with van der Waals surface area (Å²) in [5.41, 5.74) is 4.50. The zero-order chi connectivity index (χ0) is 17.3. The summed E-state index contributed by atoms with van der Waals surface area (Å²) in [6, 6.07) is 4.26. The molecule has 1 saturated carbocycles. The first-order valence-electron chi connectivity index (χ1n) is 9.24. The van der Waals surface area contributed by atoms with Crippen LogP contribution in [0.15, 0.2) is 12.1 Å². The van der Waals surface area contributed by atoms with Gasteiger partial charge in [-0.05, 0) is 73.1 Å². The molecule has 1 aromatic rings. The molecule has 0 bridgehead atoms. The fourth-order valence-corrected chi connectivity index (χ4v) is 5.76. The highest BCUT2D eigenvalue weighted by atomic mass is 32.2. The number of hydrogen-bond donors (Lipinski definition) is 0. The summed E-state index contributed by atoms with van der Waals surface area (Å²) in [5, 5.41) is 0. The molecule has 0 aromatic heterocycles. The van der Waals surface area contributed by atoms with E-state index in [4.69, 9.17) is 0 Å². The zero-order valence-electron chi connectivity index (χ0n) is 15.1. The molecule has 0 amide bonds. The highest BCUT2D eigenvalue weighted by molar-refractivity contribution is 7.99. The Morgan fingerprint density at radius 2 is 1.62 bits per heavy atom. The third kappa shape index (κ3) is 3.46. The summed E-state index contributed by atoms with van der Waals surface area (Å²) in [7, 11) is 0. The number of aryl methyl sites for hydroxylation is 3. The molecule has 3 rings (SSSR count). The van der Waals surface area contributed by atoms with Gasteiger partial charge in [0.15, 0.2) is 0 Å². The van der Waals surface area contributed by atoms with Crippen LogP contribution in [0.2, 0.25) is 0 Å². The Morgan fingerprint density at radius 3 is 2.21 bits per heavy atom. The van der Waals surface area contributed by atoms with Gasteiger partial charge in [0.05, 0.1) is 0 Å². The first-order valence-corrected chi connectivity index (χ1v) is 10.4. The second-order valence-corrected chi connectivity index (χ2v) is 8.72. The minimum atomic E-state index is -0.505. The molecule has 0 spiro atoms. The standard InChI is InChI=1S/C21H28O2S/c1-4-15-10-13(2)9-14(3)20(15)21-18(22)11-17(12-19(21)23)16-5-7-24-8-6-16/h9-10,16-17,21H,4-8,11-12H2,1-3H3. The molecule has 1 heterocycles. The first kappa shape index (κ1) is 17.7. The van der Waals surface area contributed by atoms with Gasteiger partial charge in [-0.25, -0.2) is 0 Å². The number of rotatable bonds is 3. The van der Waals surface area contributed by atoms with E-state index in [1.54, 1.807) is 0 Å². The predicted molar refractivity (Wildman–Crippen MR) is 101 cm³/mol. The molecule has 1 saturated heterocycles. The molecule has 2 nitrogen and oxygen atoms in total. The van der Waals surface area contributed by atoms with Crippen molar-refractivity contribution in [2.45, 2.75) is 58.8 Å². The lowest BCUT2D eigenvalue weighted by Crippen LogP contribution is -2.36. The summed E-state index contributed by atoms with van der Waals surface area (Å²) < 4.78 is 0. The van der Waals surface area contributed by atoms with Crippen molar-refractivity contribution in [2.24, 2.45) is 11.8 Å². The minimum absolute atomic E-state index is 0.163. The maximum atomic E-state index is 12.9. The van der Waals surface area contributed by atoms with E-state index in [-0.39, 0.29) is 17.5 Å². The lowest BCUT2D eigenvalue weighted by Gasteiger charge is -2.35. The van der Waals surface area contributed by atoms with Crippen LogP contribution < -0.4 is 0 Å². The van der Waals surface area contributed by atoms with Gasteiger partial charge in [0.25, 0.3) is 0 Å². The molecule has 0 N–H and O–H groups in total. The lowest BCUT2D eigenvalue weighted by molar-refractivity contribution is -0.134. The Labute approximate surface area is 149 Å². The van der Waals surface area contributed by atoms with Crippen LogP contribution in [-0.4, -0.2) is 23.1 Å². The van der Waals surface area contributed by atoms with Crippen molar-refractivity contribution in [2.75, 3.05) is 11.5 Å². The largest absolute Gasteiger partial charge is 0.299 e. The van der Waals surface area contributed by atoms with Gasteiger partial charge in [0.2, 0.25) is 0 Å². The van der Waals surface area contributed by atoms with E-state index in [9.17, 15) is 9.59 Å². The molecule has 1 aromatic carbocycles. The van der Waals surface area contributed by atoms with E-state index in [2.05, 4.69) is 26.0 Å². The van der Waals surface area contributed by atoms with Crippen LogP contribution >= 0.6 is 11.8 Å². The molecule has 1 aliphatic carbocycles. The van der Waals surface area contributed by atoms with Gasteiger partial charge in [-0.3, -0.25) is 9.59 Å². The van der Waals surface area contributed by atoms with Crippen molar-refractivity contribution in [3.63, 3.8) is 0 Å². The topological polar surface area (TPSA) is 34.1 Å². The summed E-state index contributed by atoms with van der Waals surface area (Å²) in [6.07, 6.45) is 4.41. The molecular weight excluding hydrogens is 316 g/mol. The van der Waals surface area contributed by atoms with Crippen molar-refractivity contribution in [3.05, 3.63) is 34.4 Å². The van der Waals surface area contributed by atoms with Gasteiger partial charge in [-0.1, -0.05) is 24.6 Å². The van der Waals surface area contributed by atoms with E-state index < -0.39 is 5.92 Å². The zero-order valence-corrected chi connectivity index (χ0v) is 15.9. The molecular formula is C21H28O2S. The Bertz CT molecular complexity index is 625. The van der Waals surface area contributed by atoms with Crippen molar-refractivity contribution < 1.29 is 9.59 Å². The Morgan fingerprint density at radius 1 is 1.00 bits per heavy atom. The highest BCUT2D eigenvalue weighted by Gasteiger charge is 2.40. The molecule has 130 valence electrons. The highest BCUT2D eigenvalue weighted by Crippen LogP contribution is 2.40. The number of hydrogen-bond acceptors (Lipinski definition) is 3. The van der Waals surface area contributed by atoms with Crippen LogP contribution in [0.4, 0.5) is 0 Å². The van der Waals surface area contributed by atoms with Crippen molar-refractivity contribution in [1.82, 2.24) is 0 Å². The molecule has 0 atom stereocenters. The molecule has 0 unspecified atom stereocenters. The number of benzene rings is 1. The monoisotopic (exact) mass is 344 g/mol. The van der Waals surface area contributed by atoms with Gasteiger partial charge in [0, 0.05) is 12.8 Å². The summed E-state index contributed by atoms with van der Waals surface area (Å²) in [4.78, 5) is 25.9. The lowest BCUT2D eigenvalue weighted by atomic mass is 9.69. The van der Waals surface area contributed by atoms with E-state index in [1.165, 1.54) is 35.5 Å². The fraction of sp³-hybridized carbons (Fsp3) is 0.619. The normalized spacial score (nSPS) is 26.0. The molecule has 2 fully saturated rings. The van der Waals surface area contributed by atoms with Gasteiger partial charge < -0.3 is 0 Å². The van der Waals surface area contributed by atoms with E-state index >= 15 is 0 Å². The van der Waals surface area contributed by atoms with Crippen molar-refractivity contribution in [3.8, 4) is 0 Å². The molecule has 3 heteroatoms. The maximum Gasteiger partial charge on any atom is 0.148 e. The van der Waals surface area contributed by atoms with Gasteiger partial charge in [-0.2, -0.15) is 11.8 Å². The number of carbonyl (C=O) groups is 2. The maximum absolute atomic E-state index is 12.9. The quantitative estimate of drug-likeness (QED) is 0.749. The van der Waals surface area contributed by atoms with Gasteiger partial charge >= 0.3 is 0 Å². The van der Waals surface area contributed by atoms with Crippen molar-refractivity contribution in [1.29, 1.82) is 0 Å². The van der Waals surface area contributed by atoms with Gasteiger partial charge in [-0.15, -0.1) is 0 Å². The third-order valence-electron chi connectivity index (χ3n) is 5.79. The van der Waals surface area contributed by atoms with Gasteiger partial charge in [0.1, 0.15) is 17.5 Å². The van der Waals surface area contributed by atoms with Crippen LogP contribution in [0.1, 0.15) is 60.8 Å². The first-order chi connectivity index (χ1) is 11.5. The Kier molecular flexibility index (Phi) is 5.49. The minimum Gasteiger partial charge on any atom is -0.299 e. The summed E-state index contributed by atoms with van der Waals surface area (Å²) in [5.74, 6) is 3.05. The predicted octanol–water partition coefficient (Wildman–Crippen LogP) is 4.64. The van der Waals surface area contributed by atoms with Crippen molar-refractivity contribution >= 4 is 23.3 Å². The average molecular weight is 345 g/mol. The van der Waals surface area contributed by atoms with Crippen LogP contribution in [-0.2, 0) is 16.0 Å². The number of thioether (sulfide) groups is 1. The number of carbonyl (C=O) groups excluding carboxylic acids is 2. The molecule has 2 aliphatic rings. The Balaban J connectivity index is 1.86. The van der Waals surface area contributed by atoms with Crippen LogP contribution in [0, 0.1) is 25.7 Å². The number of Topliss-reactive ketones (excluding diaryl/α,β-unsaturated/α-hetero) is 2. The van der Waals surface area contributed by atoms with E-state index in [0.717, 1.165) is 17.5 Å². The van der Waals surface area contributed by atoms with Crippen LogP contribution in [0.5, 0.6) is 0 Å². The van der Waals surface area contributed by atoms with Crippen LogP contribution in [0.3, 0.4) is 0 Å². The molecule has 1 aliphatic heterocycles. The van der Waals surface area contributed by atoms with E-state index in [0.29, 0.717) is 18.8 Å². The molecule has 0 radical (unpaired) electrons. The fourth-order valence-electron chi connectivity index (χ4n) is 4.62. The Hall–Kier alpha value is -1.09. The number of ketones is 2. The third-order valence-corrected chi connectivity index (χ3v) is 6.84. The summed E-state index contributed by atoms with van der Waals surface area (Å²) >= 11 is 2.00. The molecule has 24 heavy (non-hydrogen) atoms. The van der Waals surface area contributed by atoms with E-state index in [1.807, 2.05) is 18.7 Å². The second kappa shape index (κ2) is 7.43. The second-order valence-electron chi connectivity index (χ2n) is 7.49. The SMILES string of the molecule is CCc1cc(C)cc(C)c1C1C(=O)CC(C2CCSCC2)CC1=O. The smallest absolute Gasteiger partial charge is 0.148 e.